The third-order valence-corrected chi connectivity index (χ3v) is 6.19. The second-order valence-corrected chi connectivity index (χ2v) is 8.01. The number of hydrogen-bond acceptors (Lipinski definition) is 4. The summed E-state index contributed by atoms with van der Waals surface area (Å²) in [4.78, 5) is 39.7. The number of hydrogen-bond donors (Lipinski definition) is 1. The standard InChI is InChI=1S/C24H19FN2O5/c1-13-10-20(26(22(13)28)16-8-6-15(25)7-9-16)32-12-19-18-11-14-4-2-3-5-17(14)21(18)27(23(19)29)24(30)31/h2-10,12,18,20-21H,11H2,1H3,(H,30,31). The van der Waals surface area contributed by atoms with Crippen LogP contribution in [-0.4, -0.2) is 34.1 Å². The van der Waals surface area contributed by atoms with Gasteiger partial charge in [-0.1, -0.05) is 24.3 Å². The summed E-state index contributed by atoms with van der Waals surface area (Å²) in [6.45, 7) is 1.64. The first kappa shape index (κ1) is 20.0. The maximum Gasteiger partial charge on any atom is 0.414 e. The highest BCUT2D eigenvalue weighted by Gasteiger charge is 2.52. The summed E-state index contributed by atoms with van der Waals surface area (Å²) in [5.74, 6) is -1.71. The maximum atomic E-state index is 13.3. The number of benzene rings is 2. The predicted octanol–water partition coefficient (Wildman–Crippen LogP) is 3.78. The Balaban J connectivity index is 1.47. The average Bonchev–Trinajstić information content (AvgIpc) is 3.36. The highest BCUT2D eigenvalue weighted by atomic mass is 19.1. The van der Waals surface area contributed by atoms with Crippen LogP contribution in [-0.2, 0) is 20.7 Å². The molecular weight excluding hydrogens is 415 g/mol. The van der Waals surface area contributed by atoms with E-state index in [2.05, 4.69) is 0 Å². The van der Waals surface area contributed by atoms with Crippen LogP contribution in [0.2, 0.25) is 0 Å². The first-order valence-electron chi connectivity index (χ1n) is 10.1. The molecule has 162 valence electrons. The van der Waals surface area contributed by atoms with Gasteiger partial charge in [-0.05, 0) is 54.8 Å². The molecule has 0 aromatic heterocycles. The number of fused-ring (bicyclic) bond motifs is 3. The zero-order valence-corrected chi connectivity index (χ0v) is 17.1. The number of halogens is 1. The van der Waals surface area contributed by atoms with Gasteiger partial charge in [0.2, 0.25) is 0 Å². The largest absolute Gasteiger partial charge is 0.474 e. The van der Waals surface area contributed by atoms with E-state index in [9.17, 15) is 23.9 Å². The van der Waals surface area contributed by atoms with Crippen LogP contribution in [0.5, 0.6) is 0 Å². The van der Waals surface area contributed by atoms with Gasteiger partial charge < -0.3 is 9.84 Å². The normalized spacial score (nSPS) is 25.2. The third-order valence-electron chi connectivity index (χ3n) is 6.19. The number of carbonyl (C=O) groups excluding carboxylic acids is 2. The second-order valence-electron chi connectivity index (χ2n) is 8.01. The quantitative estimate of drug-likeness (QED) is 0.587. The van der Waals surface area contributed by atoms with Gasteiger partial charge in [0.1, 0.15) is 5.82 Å². The molecule has 3 amide bonds. The molecule has 2 aliphatic heterocycles. The molecule has 2 aromatic carbocycles. The number of anilines is 1. The number of imide groups is 1. The summed E-state index contributed by atoms with van der Waals surface area (Å²) in [5.41, 5.74) is 2.96. The minimum absolute atomic E-state index is 0.248. The van der Waals surface area contributed by atoms with E-state index in [0.29, 0.717) is 17.7 Å². The summed E-state index contributed by atoms with van der Waals surface area (Å²) in [6, 6.07) is 12.3. The lowest BCUT2D eigenvalue weighted by Crippen LogP contribution is -2.35. The van der Waals surface area contributed by atoms with Gasteiger partial charge >= 0.3 is 6.09 Å². The van der Waals surface area contributed by atoms with E-state index in [-0.39, 0.29) is 17.4 Å². The molecule has 5 rings (SSSR count). The SMILES string of the molecule is CC1=CC(OC=C2C(=O)N(C(=O)O)C3c4ccccc4CC23)N(c2ccc(F)cc2)C1=O. The van der Waals surface area contributed by atoms with Crippen LogP contribution in [0.4, 0.5) is 14.9 Å². The van der Waals surface area contributed by atoms with Gasteiger partial charge in [0, 0.05) is 17.2 Å². The fraction of sp³-hybridized carbons (Fsp3) is 0.208. The zero-order valence-electron chi connectivity index (χ0n) is 17.1. The number of nitrogens with zero attached hydrogens (tertiary/aromatic N) is 2. The first-order chi connectivity index (χ1) is 15.4. The minimum Gasteiger partial charge on any atom is -0.474 e. The van der Waals surface area contributed by atoms with Crippen LogP contribution < -0.4 is 4.90 Å². The maximum absolute atomic E-state index is 13.3. The van der Waals surface area contributed by atoms with E-state index in [1.807, 2.05) is 24.3 Å². The van der Waals surface area contributed by atoms with E-state index in [4.69, 9.17) is 4.74 Å². The van der Waals surface area contributed by atoms with Crippen molar-refractivity contribution in [3.05, 3.63) is 89.0 Å². The lowest BCUT2D eigenvalue weighted by Gasteiger charge is -2.24. The van der Waals surface area contributed by atoms with Crippen LogP contribution in [0.1, 0.15) is 24.1 Å². The lowest BCUT2D eigenvalue weighted by molar-refractivity contribution is -0.124. The van der Waals surface area contributed by atoms with Crippen molar-refractivity contribution in [1.29, 1.82) is 0 Å². The number of amides is 3. The molecule has 1 aliphatic carbocycles. The van der Waals surface area contributed by atoms with Crippen molar-refractivity contribution in [2.24, 2.45) is 5.92 Å². The van der Waals surface area contributed by atoms with E-state index >= 15 is 0 Å². The molecule has 3 unspecified atom stereocenters. The molecule has 0 radical (unpaired) electrons. The fourth-order valence-corrected chi connectivity index (χ4v) is 4.71. The van der Waals surface area contributed by atoms with Crippen LogP contribution in [0.25, 0.3) is 0 Å². The summed E-state index contributed by atoms with van der Waals surface area (Å²) < 4.78 is 19.2. The Bertz CT molecular complexity index is 1200. The summed E-state index contributed by atoms with van der Waals surface area (Å²) in [5, 5.41) is 9.68. The topological polar surface area (TPSA) is 87.2 Å². The molecule has 7 nitrogen and oxygen atoms in total. The van der Waals surface area contributed by atoms with Crippen LogP contribution in [0.3, 0.4) is 0 Å². The van der Waals surface area contributed by atoms with E-state index in [0.717, 1.165) is 16.0 Å². The van der Waals surface area contributed by atoms with E-state index in [1.54, 1.807) is 13.0 Å². The summed E-state index contributed by atoms with van der Waals surface area (Å²) in [6.07, 6.45) is 1.25. The monoisotopic (exact) mass is 434 g/mol. The molecule has 1 fully saturated rings. The van der Waals surface area contributed by atoms with Crippen molar-refractivity contribution in [3.63, 3.8) is 0 Å². The average molecular weight is 434 g/mol. The highest BCUT2D eigenvalue weighted by Crippen LogP contribution is 2.49. The number of likely N-dealkylation sites (tertiary alicyclic amines) is 1. The van der Waals surface area contributed by atoms with Crippen molar-refractivity contribution >= 4 is 23.6 Å². The lowest BCUT2D eigenvalue weighted by atomic mass is 9.97. The smallest absolute Gasteiger partial charge is 0.414 e. The molecule has 3 atom stereocenters. The Morgan fingerprint density at radius 1 is 1.12 bits per heavy atom. The van der Waals surface area contributed by atoms with Gasteiger partial charge in [-0.2, -0.15) is 0 Å². The molecule has 32 heavy (non-hydrogen) atoms. The highest BCUT2D eigenvalue weighted by molar-refractivity contribution is 6.08. The number of ether oxygens (including phenoxy) is 1. The Hall–Kier alpha value is -3.94. The van der Waals surface area contributed by atoms with Crippen LogP contribution in [0.15, 0.2) is 72.0 Å². The number of carbonyl (C=O) groups is 3. The minimum atomic E-state index is -1.31. The second kappa shape index (κ2) is 7.33. The molecule has 8 heteroatoms. The van der Waals surface area contributed by atoms with Gasteiger partial charge in [0.15, 0.2) is 6.23 Å². The van der Waals surface area contributed by atoms with Crippen molar-refractivity contribution in [1.82, 2.24) is 4.90 Å². The van der Waals surface area contributed by atoms with E-state index in [1.165, 1.54) is 35.4 Å². The van der Waals surface area contributed by atoms with Crippen molar-refractivity contribution in [2.75, 3.05) is 4.90 Å². The van der Waals surface area contributed by atoms with Crippen molar-refractivity contribution < 1.29 is 28.6 Å². The first-order valence-corrected chi connectivity index (χ1v) is 10.1. The van der Waals surface area contributed by atoms with Gasteiger partial charge in [-0.3, -0.25) is 14.5 Å². The third kappa shape index (κ3) is 2.98. The molecule has 0 bridgehead atoms. The molecule has 1 saturated heterocycles. The van der Waals surface area contributed by atoms with Crippen molar-refractivity contribution in [2.45, 2.75) is 25.6 Å². The van der Waals surface area contributed by atoms with Crippen molar-refractivity contribution in [3.8, 4) is 0 Å². The Morgan fingerprint density at radius 2 is 1.84 bits per heavy atom. The van der Waals surface area contributed by atoms with Gasteiger partial charge in [-0.15, -0.1) is 0 Å². The fourth-order valence-electron chi connectivity index (χ4n) is 4.71. The summed E-state index contributed by atoms with van der Waals surface area (Å²) in [7, 11) is 0. The van der Waals surface area contributed by atoms with Gasteiger partial charge in [0.05, 0.1) is 17.9 Å². The predicted molar refractivity (Wildman–Crippen MR) is 112 cm³/mol. The molecule has 2 aromatic rings. The molecule has 0 saturated carbocycles. The molecular formula is C24H19FN2O5. The molecule has 3 aliphatic rings. The number of carboxylic acid groups (broad SMARTS) is 1. The number of rotatable bonds is 3. The molecule has 1 N–H and O–H groups in total. The van der Waals surface area contributed by atoms with E-state index < -0.39 is 30.1 Å². The van der Waals surface area contributed by atoms with Gasteiger partial charge in [-0.25, -0.2) is 14.1 Å². The summed E-state index contributed by atoms with van der Waals surface area (Å²) >= 11 is 0. The van der Waals surface area contributed by atoms with Gasteiger partial charge in [0.25, 0.3) is 11.8 Å². The molecule has 2 heterocycles. The van der Waals surface area contributed by atoms with Crippen LogP contribution >= 0.6 is 0 Å². The Morgan fingerprint density at radius 3 is 2.56 bits per heavy atom. The Labute approximate surface area is 183 Å². The Kier molecular flexibility index (Phi) is 4.58. The molecule has 0 spiro atoms. The van der Waals surface area contributed by atoms with Crippen LogP contribution in [0, 0.1) is 11.7 Å². The zero-order chi connectivity index (χ0) is 22.6.